The van der Waals surface area contributed by atoms with Crippen LogP contribution in [0.5, 0.6) is 0 Å². The topological polar surface area (TPSA) is 98.0 Å². The molecule has 40 heavy (non-hydrogen) atoms. The van der Waals surface area contributed by atoms with Gasteiger partial charge in [-0.3, -0.25) is 4.79 Å². The Hall–Kier alpha value is -1.79. The van der Waals surface area contributed by atoms with Crippen LogP contribution in [0.15, 0.2) is 57.7 Å². The molecule has 0 aromatic carbocycles. The zero-order chi connectivity index (χ0) is 29.3. The van der Waals surface area contributed by atoms with Gasteiger partial charge in [0.1, 0.15) is 6.29 Å². The van der Waals surface area contributed by atoms with Crippen LogP contribution < -0.4 is 0 Å². The molecule has 3 aliphatic carbocycles. The summed E-state index contributed by atoms with van der Waals surface area (Å²) in [4.78, 5) is 11.8. The molecular formula is C35H54O5. The molecule has 0 aliphatic heterocycles. The van der Waals surface area contributed by atoms with Gasteiger partial charge in [0, 0.05) is 17.9 Å². The van der Waals surface area contributed by atoms with Crippen LogP contribution in [0.3, 0.4) is 0 Å². The summed E-state index contributed by atoms with van der Waals surface area (Å²) in [5, 5.41) is 43.9. The number of rotatable bonds is 11. The van der Waals surface area contributed by atoms with Crippen molar-refractivity contribution in [1.29, 1.82) is 0 Å². The number of aliphatic hydroxyl groups excluding tert-OH is 3. The second-order valence-electron chi connectivity index (χ2n) is 12.9. The third-order valence-corrected chi connectivity index (χ3v) is 10.2. The van der Waals surface area contributed by atoms with Crippen molar-refractivity contribution in [3.8, 4) is 0 Å². The summed E-state index contributed by atoms with van der Waals surface area (Å²) >= 11 is 0. The van der Waals surface area contributed by atoms with Crippen LogP contribution in [0.25, 0.3) is 0 Å². The Morgan fingerprint density at radius 1 is 1.05 bits per heavy atom. The Morgan fingerprint density at radius 3 is 2.40 bits per heavy atom. The van der Waals surface area contributed by atoms with Crippen molar-refractivity contribution in [3.05, 3.63) is 57.7 Å². The van der Waals surface area contributed by atoms with E-state index in [9.17, 15) is 25.2 Å². The van der Waals surface area contributed by atoms with Gasteiger partial charge in [0.15, 0.2) is 0 Å². The minimum absolute atomic E-state index is 0.0275. The number of hydrogen-bond donors (Lipinski definition) is 4. The van der Waals surface area contributed by atoms with Gasteiger partial charge in [-0.1, -0.05) is 47.4 Å². The Labute approximate surface area is 242 Å². The lowest BCUT2D eigenvalue weighted by Gasteiger charge is -2.55. The molecule has 224 valence electrons. The lowest BCUT2D eigenvalue weighted by molar-refractivity contribution is -0.167. The monoisotopic (exact) mass is 554 g/mol. The SMILES string of the molecule is CC(C)=CCCC(/C=C\C=C(\CO)[C@@H]1CC[C@]2([C@@H]1O)[C@@H](CCCO)/C(=C(/C)C=O)CC[C@@]2(C)O)=C1CCCCC1. The van der Waals surface area contributed by atoms with Crippen molar-refractivity contribution >= 4 is 6.29 Å². The molecule has 0 heterocycles. The first-order valence-electron chi connectivity index (χ1n) is 15.6. The number of aliphatic hydroxyl groups is 4. The molecule has 5 atom stereocenters. The summed E-state index contributed by atoms with van der Waals surface area (Å²) in [5.41, 5.74) is 4.80. The molecule has 3 aliphatic rings. The van der Waals surface area contributed by atoms with Gasteiger partial charge >= 0.3 is 0 Å². The predicted molar refractivity (Wildman–Crippen MR) is 163 cm³/mol. The zero-order valence-corrected chi connectivity index (χ0v) is 25.4. The molecular weight excluding hydrogens is 500 g/mol. The number of hydrogen-bond acceptors (Lipinski definition) is 5. The highest BCUT2D eigenvalue weighted by atomic mass is 16.3. The molecule has 1 spiro atoms. The first kappa shape index (κ1) is 32.7. The highest BCUT2D eigenvalue weighted by Crippen LogP contribution is 2.62. The van der Waals surface area contributed by atoms with Crippen LogP contribution in [-0.2, 0) is 4.79 Å². The van der Waals surface area contributed by atoms with Crippen molar-refractivity contribution in [1.82, 2.24) is 0 Å². The molecule has 5 nitrogen and oxygen atoms in total. The zero-order valence-electron chi connectivity index (χ0n) is 25.4. The van der Waals surface area contributed by atoms with E-state index in [1.807, 2.05) is 26.0 Å². The maximum atomic E-state index is 12.0. The van der Waals surface area contributed by atoms with E-state index < -0.39 is 17.1 Å². The van der Waals surface area contributed by atoms with Gasteiger partial charge in [-0.05, 0) is 127 Å². The lowest BCUT2D eigenvalue weighted by atomic mass is 9.52. The molecule has 0 unspecified atom stereocenters. The summed E-state index contributed by atoms with van der Waals surface area (Å²) < 4.78 is 0. The fourth-order valence-electron chi connectivity index (χ4n) is 7.94. The molecule has 0 bridgehead atoms. The average molecular weight is 555 g/mol. The third-order valence-electron chi connectivity index (χ3n) is 10.2. The van der Waals surface area contributed by atoms with Gasteiger partial charge in [0.05, 0.1) is 18.3 Å². The minimum Gasteiger partial charge on any atom is -0.396 e. The largest absolute Gasteiger partial charge is 0.396 e. The summed E-state index contributed by atoms with van der Waals surface area (Å²) in [5.74, 6) is -0.466. The Morgan fingerprint density at radius 2 is 1.77 bits per heavy atom. The Balaban J connectivity index is 1.93. The van der Waals surface area contributed by atoms with Gasteiger partial charge in [-0.2, -0.15) is 0 Å². The molecule has 0 radical (unpaired) electrons. The predicted octanol–water partition coefficient (Wildman–Crippen LogP) is 6.67. The molecule has 0 aromatic heterocycles. The summed E-state index contributed by atoms with van der Waals surface area (Å²) in [6, 6.07) is 0. The number of carbonyl (C=O) groups excluding carboxylic acids is 1. The Kier molecular flexibility index (Phi) is 12.2. The first-order chi connectivity index (χ1) is 19.1. The van der Waals surface area contributed by atoms with Crippen molar-refractivity contribution in [2.45, 2.75) is 123 Å². The second kappa shape index (κ2) is 14.9. The molecule has 5 heteroatoms. The molecule has 4 N–H and O–H groups in total. The van der Waals surface area contributed by atoms with E-state index in [1.165, 1.54) is 30.4 Å². The smallest absolute Gasteiger partial charge is 0.145 e. The van der Waals surface area contributed by atoms with E-state index in [4.69, 9.17) is 0 Å². The summed E-state index contributed by atoms with van der Waals surface area (Å²) in [6.45, 7) is 7.80. The molecule has 0 saturated heterocycles. The molecule has 3 fully saturated rings. The van der Waals surface area contributed by atoms with Crippen LogP contribution in [-0.4, -0.2) is 51.6 Å². The fourth-order valence-corrected chi connectivity index (χ4v) is 7.94. The summed E-state index contributed by atoms with van der Waals surface area (Å²) in [7, 11) is 0. The van der Waals surface area contributed by atoms with Crippen LogP contribution in [0.1, 0.15) is 111 Å². The van der Waals surface area contributed by atoms with E-state index in [0.717, 1.165) is 43.1 Å². The highest BCUT2D eigenvalue weighted by Gasteiger charge is 2.63. The number of allylic oxidation sites excluding steroid dienone is 9. The fraction of sp³-hybridized carbons (Fsp3) is 0.686. The number of carbonyl (C=O) groups is 1. The van der Waals surface area contributed by atoms with Crippen molar-refractivity contribution in [3.63, 3.8) is 0 Å². The normalized spacial score (nSPS) is 32.5. The van der Waals surface area contributed by atoms with Crippen LogP contribution >= 0.6 is 0 Å². The maximum Gasteiger partial charge on any atom is 0.145 e. The van der Waals surface area contributed by atoms with Crippen molar-refractivity contribution in [2.75, 3.05) is 13.2 Å². The Bertz CT molecular complexity index is 1010. The van der Waals surface area contributed by atoms with Crippen molar-refractivity contribution in [2.24, 2.45) is 17.3 Å². The van der Waals surface area contributed by atoms with Crippen molar-refractivity contribution < 1.29 is 25.2 Å². The lowest BCUT2D eigenvalue weighted by Crippen LogP contribution is -2.59. The first-order valence-corrected chi connectivity index (χ1v) is 15.6. The summed E-state index contributed by atoms with van der Waals surface area (Å²) in [6.07, 6.45) is 20.2. The van der Waals surface area contributed by atoms with Gasteiger partial charge in [-0.25, -0.2) is 0 Å². The molecule has 0 amide bonds. The molecule has 0 aromatic rings. The van der Waals surface area contributed by atoms with Gasteiger partial charge in [0.2, 0.25) is 0 Å². The standard InChI is InChI=1S/C35H54O5/c1-25(2)11-8-14-28(27-12-6-5-7-13-27)15-9-16-29(24-38)31-19-21-35(33(31)39)32(17-10-22-36)30(26(3)23-37)18-20-34(35,4)40/h9,11,15-16,23,31-33,36,38-40H,5-8,10,12-14,17-22,24H2,1-4H3/b15-9-,29-16-,30-26-/t31-,32-,33+,34+,35+/m0/s1. The van der Waals surface area contributed by atoms with Gasteiger partial charge < -0.3 is 20.4 Å². The van der Waals surface area contributed by atoms with E-state index in [2.05, 4.69) is 26.0 Å². The van der Waals surface area contributed by atoms with Crippen LogP contribution in [0.2, 0.25) is 0 Å². The molecule has 3 rings (SSSR count). The van der Waals surface area contributed by atoms with E-state index >= 15 is 0 Å². The average Bonchev–Trinajstić information content (AvgIpc) is 3.28. The van der Waals surface area contributed by atoms with E-state index in [0.29, 0.717) is 44.1 Å². The van der Waals surface area contributed by atoms with Crippen LogP contribution in [0.4, 0.5) is 0 Å². The third kappa shape index (κ3) is 7.15. The molecule has 3 saturated carbocycles. The van der Waals surface area contributed by atoms with E-state index in [-0.39, 0.29) is 25.0 Å². The van der Waals surface area contributed by atoms with E-state index in [1.54, 1.807) is 5.57 Å². The second-order valence-corrected chi connectivity index (χ2v) is 12.9. The quantitative estimate of drug-likeness (QED) is 0.0989. The maximum absolute atomic E-state index is 12.0. The minimum atomic E-state index is -1.12. The number of aldehydes is 1. The van der Waals surface area contributed by atoms with Gasteiger partial charge in [-0.15, -0.1) is 0 Å². The van der Waals surface area contributed by atoms with Gasteiger partial charge in [0.25, 0.3) is 0 Å². The highest BCUT2D eigenvalue weighted by molar-refractivity contribution is 5.74. The van der Waals surface area contributed by atoms with Crippen LogP contribution in [0, 0.1) is 17.3 Å².